The van der Waals surface area contributed by atoms with Crippen molar-refractivity contribution in [1.29, 1.82) is 0 Å². The normalized spacial score (nSPS) is 13.2. The molecule has 0 unspecified atom stereocenters. The molecule has 0 saturated carbocycles. The monoisotopic (exact) mass is 386 g/mol. The van der Waals surface area contributed by atoms with Crippen LogP contribution in [0.15, 0.2) is 24.4 Å². The van der Waals surface area contributed by atoms with Gasteiger partial charge in [-0.3, -0.25) is 0 Å². The molecule has 0 atom stereocenters. The zero-order valence-corrected chi connectivity index (χ0v) is 20.1. The highest BCUT2D eigenvalue weighted by molar-refractivity contribution is 6.89. The number of rotatable bonds is 2. The number of aromatic nitrogens is 1. The van der Waals surface area contributed by atoms with Crippen LogP contribution in [0.3, 0.4) is 0 Å². The Morgan fingerprint density at radius 3 is 1.81 bits per heavy atom. The van der Waals surface area contributed by atoms with Crippen molar-refractivity contribution in [2.24, 2.45) is 7.05 Å². The average molecular weight is 387 g/mol. The molecule has 0 spiro atoms. The van der Waals surface area contributed by atoms with Crippen molar-refractivity contribution in [2.75, 3.05) is 0 Å². The van der Waals surface area contributed by atoms with Crippen LogP contribution in [-0.2, 0) is 17.9 Å². The van der Waals surface area contributed by atoms with Crippen molar-refractivity contribution < 1.29 is 8.96 Å². The molecule has 2 aromatic rings. The molecule has 0 radical (unpaired) electrons. The van der Waals surface area contributed by atoms with Gasteiger partial charge < -0.3 is 0 Å². The van der Waals surface area contributed by atoms with Crippen LogP contribution in [0.4, 0.5) is 4.39 Å². The van der Waals surface area contributed by atoms with Crippen LogP contribution in [-0.4, -0.2) is 8.07 Å². The van der Waals surface area contributed by atoms with E-state index in [0.717, 1.165) is 22.4 Å². The Kier molecular flexibility index (Phi) is 5.53. The van der Waals surface area contributed by atoms with Gasteiger partial charge in [0.05, 0.1) is 8.07 Å². The van der Waals surface area contributed by atoms with Crippen molar-refractivity contribution in [3.8, 4) is 11.3 Å². The second-order valence-corrected chi connectivity index (χ2v) is 16.0. The predicted octanol–water partition coefficient (Wildman–Crippen LogP) is 5.77. The molecule has 1 aromatic carbocycles. The minimum Gasteiger partial charge on any atom is -0.207 e. The van der Waals surface area contributed by atoms with Gasteiger partial charge in [-0.15, -0.1) is 0 Å². The van der Waals surface area contributed by atoms with E-state index in [1.165, 1.54) is 10.8 Å². The third kappa shape index (κ3) is 4.51. The molecular weight excluding hydrogens is 349 g/mol. The van der Waals surface area contributed by atoms with E-state index in [-0.39, 0.29) is 16.6 Å². The standard InChI is InChI=1S/C24H37FNSi/c1-16-12-20(25)18(23(2,3)4)13-17(16)21-14-19(24(5,6)7)22(15-26(21)8)27(9,10)11/h12-15H,1-11H3/q+1. The second kappa shape index (κ2) is 6.84. The lowest BCUT2D eigenvalue weighted by atomic mass is 9.83. The maximum absolute atomic E-state index is 14.6. The molecule has 0 aliphatic carbocycles. The lowest BCUT2D eigenvalue weighted by molar-refractivity contribution is -0.659. The lowest BCUT2D eigenvalue weighted by Gasteiger charge is -2.28. The number of benzene rings is 1. The molecule has 0 bridgehead atoms. The van der Waals surface area contributed by atoms with Crippen LogP contribution < -0.4 is 9.75 Å². The van der Waals surface area contributed by atoms with Gasteiger partial charge in [-0.1, -0.05) is 61.2 Å². The zero-order chi connectivity index (χ0) is 20.9. The molecule has 0 N–H and O–H groups in total. The van der Waals surface area contributed by atoms with E-state index in [2.05, 4.69) is 91.1 Å². The number of aryl methyl sites for hydroxylation is 2. The Balaban J connectivity index is 2.85. The maximum atomic E-state index is 14.6. The van der Waals surface area contributed by atoms with Crippen LogP contribution in [0, 0.1) is 12.7 Å². The maximum Gasteiger partial charge on any atom is 0.212 e. The van der Waals surface area contributed by atoms with Crippen LogP contribution in [0.1, 0.15) is 58.2 Å². The first-order valence-corrected chi connectivity index (χ1v) is 13.4. The van der Waals surface area contributed by atoms with Crippen molar-refractivity contribution in [3.63, 3.8) is 0 Å². The Morgan fingerprint density at radius 2 is 1.37 bits per heavy atom. The summed E-state index contributed by atoms with van der Waals surface area (Å²) < 4.78 is 16.9. The van der Waals surface area contributed by atoms with Gasteiger partial charge in [-0.05, 0) is 46.6 Å². The predicted molar refractivity (Wildman–Crippen MR) is 118 cm³/mol. The van der Waals surface area contributed by atoms with Gasteiger partial charge in [0.25, 0.3) is 0 Å². The Morgan fingerprint density at radius 1 is 0.852 bits per heavy atom. The summed E-state index contributed by atoms with van der Waals surface area (Å²) in [7, 11) is 0.629. The summed E-state index contributed by atoms with van der Waals surface area (Å²) in [6.07, 6.45) is 2.32. The first-order valence-electron chi connectivity index (χ1n) is 9.89. The lowest BCUT2D eigenvalue weighted by Crippen LogP contribution is -2.49. The van der Waals surface area contributed by atoms with Crippen LogP contribution >= 0.6 is 0 Å². The molecule has 3 heteroatoms. The Labute approximate surface area is 166 Å². The molecule has 0 aliphatic rings. The molecule has 27 heavy (non-hydrogen) atoms. The molecule has 0 saturated heterocycles. The van der Waals surface area contributed by atoms with E-state index in [4.69, 9.17) is 0 Å². The summed E-state index contributed by atoms with van der Waals surface area (Å²) in [5.41, 5.74) is 5.29. The highest BCUT2D eigenvalue weighted by atomic mass is 28.3. The molecule has 0 fully saturated rings. The van der Waals surface area contributed by atoms with Gasteiger partial charge in [0.1, 0.15) is 12.9 Å². The fraction of sp³-hybridized carbons (Fsp3) is 0.542. The number of hydrogen-bond acceptors (Lipinski definition) is 0. The molecule has 0 amide bonds. The van der Waals surface area contributed by atoms with Crippen LogP contribution in [0.2, 0.25) is 19.6 Å². The third-order valence-corrected chi connectivity index (χ3v) is 7.30. The van der Waals surface area contributed by atoms with Gasteiger partial charge in [0, 0.05) is 16.8 Å². The number of nitrogens with zero attached hydrogens (tertiary/aromatic N) is 1. The topological polar surface area (TPSA) is 3.88 Å². The number of halogens is 1. The summed E-state index contributed by atoms with van der Waals surface area (Å²) in [6, 6.07) is 6.10. The quantitative estimate of drug-likeness (QED) is 0.456. The van der Waals surface area contributed by atoms with Crippen molar-refractivity contribution >= 4 is 13.3 Å². The van der Waals surface area contributed by atoms with Gasteiger partial charge in [-0.25, -0.2) is 8.96 Å². The van der Waals surface area contributed by atoms with Crippen LogP contribution in [0.5, 0.6) is 0 Å². The van der Waals surface area contributed by atoms with E-state index in [0.29, 0.717) is 0 Å². The van der Waals surface area contributed by atoms with E-state index in [9.17, 15) is 4.39 Å². The molecule has 1 heterocycles. The van der Waals surface area contributed by atoms with Gasteiger partial charge in [-0.2, -0.15) is 0 Å². The summed E-state index contributed by atoms with van der Waals surface area (Å²) >= 11 is 0. The van der Waals surface area contributed by atoms with Gasteiger partial charge in [0.15, 0.2) is 6.20 Å². The largest absolute Gasteiger partial charge is 0.212 e. The first kappa shape index (κ1) is 21.8. The Hall–Kier alpha value is -1.48. The zero-order valence-electron chi connectivity index (χ0n) is 19.1. The van der Waals surface area contributed by atoms with E-state index in [1.807, 2.05) is 6.92 Å². The molecule has 2 rings (SSSR count). The van der Waals surface area contributed by atoms with Crippen LogP contribution in [0.25, 0.3) is 11.3 Å². The van der Waals surface area contributed by atoms with Gasteiger partial charge in [0.2, 0.25) is 5.69 Å². The fourth-order valence-electron chi connectivity index (χ4n) is 3.66. The minimum absolute atomic E-state index is 0.0689. The highest BCUT2D eigenvalue weighted by Gasteiger charge is 2.32. The van der Waals surface area contributed by atoms with Crippen molar-refractivity contribution in [1.82, 2.24) is 0 Å². The molecule has 1 nitrogen and oxygen atoms in total. The van der Waals surface area contributed by atoms with Gasteiger partial charge >= 0.3 is 0 Å². The highest BCUT2D eigenvalue weighted by Crippen LogP contribution is 2.33. The first-order chi connectivity index (χ1) is 12.0. The molecular formula is C24H37FNSi+. The summed E-state index contributed by atoms with van der Waals surface area (Å²) in [6.45, 7) is 22.3. The van der Waals surface area contributed by atoms with E-state index < -0.39 is 8.07 Å². The molecule has 1 aromatic heterocycles. The van der Waals surface area contributed by atoms with Crippen molar-refractivity contribution in [3.05, 3.63) is 46.9 Å². The van der Waals surface area contributed by atoms with Crippen molar-refractivity contribution in [2.45, 2.75) is 78.9 Å². The molecule has 148 valence electrons. The van der Waals surface area contributed by atoms with E-state index in [1.54, 1.807) is 6.07 Å². The number of pyridine rings is 1. The molecule has 0 aliphatic heterocycles. The fourth-order valence-corrected chi connectivity index (χ4v) is 5.49. The summed E-state index contributed by atoms with van der Waals surface area (Å²) in [4.78, 5) is 0. The smallest absolute Gasteiger partial charge is 0.207 e. The minimum atomic E-state index is -1.49. The SMILES string of the molecule is Cc1cc(F)c(C(C)(C)C)cc1-c1cc(C(C)(C)C)c([Si](C)(C)C)c[n+]1C. The van der Waals surface area contributed by atoms with E-state index >= 15 is 0 Å². The number of hydrogen-bond donors (Lipinski definition) is 0. The third-order valence-electron chi connectivity index (χ3n) is 5.29. The summed E-state index contributed by atoms with van der Waals surface area (Å²) in [5, 5.41) is 1.50. The second-order valence-electron chi connectivity index (χ2n) is 11.0. The summed E-state index contributed by atoms with van der Waals surface area (Å²) in [5.74, 6) is -0.110. The Bertz CT molecular complexity index is 862. The average Bonchev–Trinajstić information content (AvgIpc) is 2.44.